The van der Waals surface area contributed by atoms with Crippen LogP contribution in [0.3, 0.4) is 0 Å². The predicted molar refractivity (Wildman–Crippen MR) is 122 cm³/mol. The molecule has 0 aliphatic heterocycles. The second kappa shape index (κ2) is 9.16. The summed E-state index contributed by atoms with van der Waals surface area (Å²) < 4.78 is 31.6. The first kappa shape index (κ1) is 22.7. The van der Waals surface area contributed by atoms with Crippen LogP contribution in [0.15, 0.2) is 77.7 Å². The number of Topliss-reactive ketones (excluding diaryl/α,β-unsaturated/α-hetero) is 1. The highest BCUT2D eigenvalue weighted by Crippen LogP contribution is 2.32. The first-order valence-corrected chi connectivity index (χ1v) is 12.2. The summed E-state index contributed by atoms with van der Waals surface area (Å²) in [5.41, 5.74) is -0.0325. The SMILES string of the molecule is O=C(c1ccccc1)C(O)(COS(=O)(=O)c1cccc2c1CCCC2)c1ccc(Cl)cc1. The van der Waals surface area contributed by atoms with Gasteiger partial charge in [0, 0.05) is 10.6 Å². The molecular formula is C25H23ClO5S. The zero-order valence-electron chi connectivity index (χ0n) is 17.3. The van der Waals surface area contributed by atoms with Crippen molar-refractivity contribution in [1.82, 2.24) is 0 Å². The lowest BCUT2D eigenvalue weighted by Gasteiger charge is -2.27. The first-order valence-electron chi connectivity index (χ1n) is 10.4. The lowest BCUT2D eigenvalue weighted by Crippen LogP contribution is -2.41. The van der Waals surface area contributed by atoms with Crippen LogP contribution in [-0.4, -0.2) is 25.9 Å². The Hall–Kier alpha value is -2.51. The van der Waals surface area contributed by atoms with Crippen molar-refractivity contribution in [3.63, 3.8) is 0 Å². The summed E-state index contributed by atoms with van der Waals surface area (Å²) in [6.45, 7) is -0.756. The van der Waals surface area contributed by atoms with Gasteiger partial charge < -0.3 is 5.11 Å². The molecule has 0 spiro atoms. The van der Waals surface area contributed by atoms with Gasteiger partial charge in [-0.15, -0.1) is 0 Å². The fourth-order valence-electron chi connectivity index (χ4n) is 4.04. The maximum atomic E-state index is 13.3. The van der Waals surface area contributed by atoms with Crippen LogP contribution in [-0.2, 0) is 32.7 Å². The summed E-state index contributed by atoms with van der Waals surface area (Å²) in [6, 6.07) is 19.4. The number of aryl methyl sites for hydroxylation is 1. The number of halogens is 1. The molecule has 0 heterocycles. The van der Waals surface area contributed by atoms with Gasteiger partial charge in [0.25, 0.3) is 10.1 Å². The van der Waals surface area contributed by atoms with Crippen molar-refractivity contribution in [3.8, 4) is 0 Å². The molecule has 0 fully saturated rings. The highest BCUT2D eigenvalue weighted by Gasteiger charge is 2.41. The van der Waals surface area contributed by atoms with Gasteiger partial charge >= 0.3 is 0 Å². The van der Waals surface area contributed by atoms with Gasteiger partial charge in [0.15, 0.2) is 5.60 Å². The van der Waals surface area contributed by atoms with Gasteiger partial charge in [0.05, 0.1) is 4.90 Å². The van der Waals surface area contributed by atoms with Crippen LogP contribution in [0.25, 0.3) is 0 Å². The lowest BCUT2D eigenvalue weighted by molar-refractivity contribution is 0.00409. The molecule has 1 N–H and O–H groups in total. The van der Waals surface area contributed by atoms with Crippen molar-refractivity contribution < 1.29 is 22.5 Å². The van der Waals surface area contributed by atoms with Gasteiger partial charge in [-0.25, -0.2) is 0 Å². The van der Waals surface area contributed by atoms with Crippen molar-refractivity contribution in [2.24, 2.45) is 0 Å². The summed E-state index contributed by atoms with van der Waals surface area (Å²) in [7, 11) is -4.21. The monoisotopic (exact) mass is 470 g/mol. The van der Waals surface area contributed by atoms with E-state index in [1.807, 2.05) is 6.07 Å². The van der Waals surface area contributed by atoms with Crippen LogP contribution in [0.1, 0.15) is 39.9 Å². The normalized spacial score (nSPS) is 15.6. The number of aliphatic hydroxyl groups is 1. The first-order chi connectivity index (χ1) is 15.3. The van der Waals surface area contributed by atoms with Crippen LogP contribution in [0, 0.1) is 0 Å². The number of carbonyl (C=O) groups excluding carboxylic acids is 1. The number of carbonyl (C=O) groups is 1. The number of hydrogen-bond acceptors (Lipinski definition) is 5. The Labute approximate surface area is 192 Å². The van der Waals surface area contributed by atoms with Crippen LogP contribution in [0.5, 0.6) is 0 Å². The van der Waals surface area contributed by atoms with Crippen molar-refractivity contribution in [3.05, 3.63) is 100 Å². The molecule has 0 radical (unpaired) electrons. The Bertz CT molecular complexity index is 1220. The van der Waals surface area contributed by atoms with E-state index < -0.39 is 28.1 Å². The Morgan fingerprint density at radius 3 is 2.34 bits per heavy atom. The molecule has 0 saturated carbocycles. The van der Waals surface area contributed by atoms with E-state index in [2.05, 4.69) is 0 Å². The molecule has 1 atom stereocenters. The molecule has 7 heteroatoms. The van der Waals surface area contributed by atoms with Crippen molar-refractivity contribution in [1.29, 1.82) is 0 Å². The predicted octanol–water partition coefficient (Wildman–Crippen LogP) is 4.69. The van der Waals surface area contributed by atoms with E-state index in [4.69, 9.17) is 15.8 Å². The molecule has 0 amide bonds. The molecular weight excluding hydrogens is 448 g/mol. The molecule has 4 rings (SSSR count). The van der Waals surface area contributed by atoms with E-state index in [9.17, 15) is 18.3 Å². The largest absolute Gasteiger partial charge is 0.375 e. The minimum atomic E-state index is -4.21. The van der Waals surface area contributed by atoms with E-state index in [-0.39, 0.29) is 16.0 Å². The smallest absolute Gasteiger partial charge is 0.297 e. The highest BCUT2D eigenvalue weighted by molar-refractivity contribution is 7.86. The summed E-state index contributed by atoms with van der Waals surface area (Å²) >= 11 is 5.96. The molecule has 0 bridgehead atoms. The average molecular weight is 471 g/mol. The molecule has 1 unspecified atom stereocenters. The van der Waals surface area contributed by atoms with Gasteiger partial charge in [-0.1, -0.05) is 66.2 Å². The second-order valence-electron chi connectivity index (χ2n) is 7.88. The number of hydrogen-bond donors (Lipinski definition) is 1. The fourth-order valence-corrected chi connectivity index (χ4v) is 5.40. The number of ketones is 1. The maximum Gasteiger partial charge on any atom is 0.297 e. The summed E-state index contributed by atoms with van der Waals surface area (Å²) in [5.74, 6) is -0.661. The third-order valence-electron chi connectivity index (χ3n) is 5.78. The molecule has 3 aromatic carbocycles. The van der Waals surface area contributed by atoms with E-state index >= 15 is 0 Å². The Morgan fingerprint density at radius 2 is 1.62 bits per heavy atom. The molecule has 0 aromatic heterocycles. The summed E-state index contributed by atoms with van der Waals surface area (Å²) in [4.78, 5) is 13.4. The molecule has 5 nitrogen and oxygen atoms in total. The summed E-state index contributed by atoms with van der Waals surface area (Å²) in [6.07, 6.45) is 3.39. The van der Waals surface area contributed by atoms with Crippen LogP contribution in [0.4, 0.5) is 0 Å². The van der Waals surface area contributed by atoms with E-state index in [0.29, 0.717) is 11.4 Å². The van der Waals surface area contributed by atoms with Crippen molar-refractivity contribution in [2.75, 3.05) is 6.61 Å². The molecule has 1 aliphatic rings. The van der Waals surface area contributed by atoms with E-state index in [1.54, 1.807) is 36.4 Å². The zero-order valence-corrected chi connectivity index (χ0v) is 18.9. The third-order valence-corrected chi connectivity index (χ3v) is 7.38. The van der Waals surface area contributed by atoms with Crippen LogP contribution >= 0.6 is 11.6 Å². The quantitative estimate of drug-likeness (QED) is 0.400. The summed E-state index contributed by atoms with van der Waals surface area (Å²) in [5, 5.41) is 11.9. The average Bonchev–Trinajstić information content (AvgIpc) is 2.82. The van der Waals surface area contributed by atoms with E-state index in [0.717, 1.165) is 30.4 Å². The van der Waals surface area contributed by atoms with Crippen LogP contribution in [0.2, 0.25) is 5.02 Å². The molecule has 1 aliphatic carbocycles. The van der Waals surface area contributed by atoms with E-state index in [1.165, 1.54) is 30.3 Å². The van der Waals surface area contributed by atoms with Gasteiger partial charge in [0.1, 0.15) is 6.61 Å². The minimum Gasteiger partial charge on any atom is -0.375 e. The third kappa shape index (κ3) is 4.50. The van der Waals surface area contributed by atoms with Crippen molar-refractivity contribution in [2.45, 2.75) is 36.2 Å². The van der Waals surface area contributed by atoms with Gasteiger partial charge in [-0.2, -0.15) is 8.42 Å². The van der Waals surface area contributed by atoms with Gasteiger partial charge in [0.2, 0.25) is 5.78 Å². The topological polar surface area (TPSA) is 80.7 Å². The standard InChI is InChI=1S/C25H23ClO5S/c26-21-15-13-20(14-16-21)25(28,24(27)19-8-2-1-3-9-19)17-31-32(29,30)23-12-6-10-18-7-4-5-11-22(18)23/h1-3,6,8-10,12-16,28H,4-5,7,11,17H2. The fraction of sp³-hybridized carbons (Fsp3) is 0.240. The van der Waals surface area contributed by atoms with Crippen molar-refractivity contribution >= 4 is 27.5 Å². The number of fused-ring (bicyclic) bond motifs is 1. The Morgan fingerprint density at radius 1 is 0.938 bits per heavy atom. The second-order valence-corrected chi connectivity index (χ2v) is 9.90. The highest BCUT2D eigenvalue weighted by atomic mass is 35.5. The molecule has 32 heavy (non-hydrogen) atoms. The number of rotatable bonds is 7. The Kier molecular flexibility index (Phi) is 6.49. The molecule has 166 valence electrons. The molecule has 0 saturated heterocycles. The number of benzene rings is 3. The zero-order chi connectivity index (χ0) is 22.8. The van der Waals surface area contributed by atoms with Crippen LogP contribution < -0.4 is 0 Å². The van der Waals surface area contributed by atoms with Gasteiger partial charge in [-0.3, -0.25) is 8.98 Å². The van der Waals surface area contributed by atoms with Gasteiger partial charge in [-0.05, 0) is 60.6 Å². The Balaban J connectivity index is 1.69. The maximum absolute atomic E-state index is 13.3. The molecule has 3 aromatic rings. The lowest BCUT2D eigenvalue weighted by atomic mass is 9.86. The minimum absolute atomic E-state index is 0.0975.